The average molecular weight is 704 g/mol. The fourth-order valence-corrected chi connectivity index (χ4v) is 6.16. The summed E-state index contributed by atoms with van der Waals surface area (Å²) in [4.78, 5) is 15.3. The summed E-state index contributed by atoms with van der Waals surface area (Å²) in [5.41, 5.74) is -1.63. The largest absolute Gasteiger partial charge is 0.476 e. The van der Waals surface area contributed by atoms with Gasteiger partial charge in [0.1, 0.15) is 23.7 Å². The molecule has 1 atom stereocenters. The number of nitrogens with zero attached hydrogens (tertiary/aromatic N) is 6. The highest BCUT2D eigenvalue weighted by atomic mass is 32.2. The number of aromatic nitrogens is 5. The van der Waals surface area contributed by atoms with Crippen molar-refractivity contribution in [1.29, 1.82) is 0 Å². The summed E-state index contributed by atoms with van der Waals surface area (Å²) in [7, 11) is -4.28. The Balaban J connectivity index is 1.54. The van der Waals surface area contributed by atoms with Crippen molar-refractivity contribution in [2.45, 2.75) is 69.7 Å². The number of β-amino-alcohol motifs (C(OH)–C–C–N with tert-alkyl or cyclic N) is 1. The Morgan fingerprint density at radius 3 is 2.49 bits per heavy atom. The van der Waals surface area contributed by atoms with Crippen LogP contribution in [0.5, 0.6) is 5.88 Å². The summed E-state index contributed by atoms with van der Waals surface area (Å²) in [5, 5.41) is 24.4. The van der Waals surface area contributed by atoms with Crippen LogP contribution >= 0.6 is 0 Å². The first-order valence-corrected chi connectivity index (χ1v) is 17.4. The van der Waals surface area contributed by atoms with Crippen molar-refractivity contribution in [3.8, 4) is 23.0 Å². The minimum absolute atomic E-state index is 0.0391. The van der Waals surface area contributed by atoms with E-state index in [0.29, 0.717) is 30.0 Å². The number of pyridine rings is 1. The van der Waals surface area contributed by atoms with Crippen LogP contribution in [0.1, 0.15) is 52.0 Å². The van der Waals surface area contributed by atoms with E-state index in [1.54, 1.807) is 17.0 Å². The van der Waals surface area contributed by atoms with Gasteiger partial charge in [0.25, 0.3) is 10.0 Å². The molecule has 16 heteroatoms. The molecule has 3 aromatic heterocycles. The third kappa shape index (κ3) is 8.66. The van der Waals surface area contributed by atoms with Gasteiger partial charge in [-0.15, -0.1) is 5.10 Å². The Kier molecular flexibility index (Phi) is 10.5. The van der Waals surface area contributed by atoms with Crippen LogP contribution in [0.15, 0.2) is 66.0 Å². The molecule has 3 N–H and O–H groups in total. The molecule has 0 fully saturated rings. The van der Waals surface area contributed by atoms with E-state index < -0.39 is 40.4 Å². The third-order valence-electron chi connectivity index (χ3n) is 8.20. The van der Waals surface area contributed by atoms with Gasteiger partial charge in [0.05, 0.1) is 24.8 Å². The molecule has 1 unspecified atom stereocenters. The normalized spacial score (nSPS) is 16.9. The smallest absolute Gasteiger partial charge is 0.397 e. The zero-order valence-corrected chi connectivity index (χ0v) is 28.3. The lowest BCUT2D eigenvalue weighted by molar-refractivity contribution is -0.219. The molecule has 1 aliphatic rings. The van der Waals surface area contributed by atoms with Crippen molar-refractivity contribution in [3.63, 3.8) is 0 Å². The van der Waals surface area contributed by atoms with Crippen LogP contribution < -0.4 is 14.4 Å². The molecule has 1 aliphatic heterocycles. The van der Waals surface area contributed by atoms with E-state index in [0.717, 1.165) is 45.1 Å². The Morgan fingerprint density at radius 2 is 1.73 bits per heavy atom. The molecule has 264 valence electrons. The maximum absolute atomic E-state index is 13.6. The van der Waals surface area contributed by atoms with Gasteiger partial charge in [0.15, 0.2) is 16.7 Å². The summed E-state index contributed by atoms with van der Waals surface area (Å²) in [6, 6.07) is 13.5. The molecule has 0 aliphatic carbocycles. The lowest BCUT2D eigenvalue weighted by Gasteiger charge is -2.31. The molecule has 5 rings (SSSR count). The molecular formula is C33H40F3N7O5S. The second-order valence-electron chi connectivity index (χ2n) is 13.0. The van der Waals surface area contributed by atoms with Crippen LogP contribution in [0.4, 0.5) is 24.8 Å². The van der Waals surface area contributed by atoms with Crippen LogP contribution in [0.25, 0.3) is 17.1 Å². The number of aliphatic hydroxyl groups excluding tert-OH is 1. The van der Waals surface area contributed by atoms with Gasteiger partial charge in [-0.1, -0.05) is 43.2 Å². The van der Waals surface area contributed by atoms with E-state index in [4.69, 9.17) is 4.74 Å². The number of ether oxygens (including phenoxy) is 1. The number of fused-ring (bicyclic) bond motifs is 6. The average Bonchev–Trinajstić information content (AvgIpc) is 3.53. The van der Waals surface area contributed by atoms with Crippen molar-refractivity contribution in [2.75, 3.05) is 35.9 Å². The molecule has 12 nitrogen and oxygen atoms in total. The highest BCUT2D eigenvalue weighted by molar-refractivity contribution is 7.92. The molecule has 4 bridgehead atoms. The zero-order chi connectivity index (χ0) is 35.5. The molecule has 4 aromatic rings. The van der Waals surface area contributed by atoms with Crippen LogP contribution in [-0.2, 0) is 16.4 Å². The Bertz CT molecular complexity index is 1870. The molecule has 0 saturated carbocycles. The fourth-order valence-electron chi connectivity index (χ4n) is 5.22. The lowest BCUT2D eigenvalue weighted by atomic mass is 9.94. The fraction of sp³-hybridized carbons (Fsp3) is 0.455. The van der Waals surface area contributed by atoms with E-state index in [2.05, 4.69) is 24.8 Å². The number of aryl methyl sites for hydroxylation is 1. The highest BCUT2D eigenvalue weighted by Gasteiger charge is 2.48. The molecular weight excluding hydrogens is 663 g/mol. The maximum atomic E-state index is 13.6. The predicted molar refractivity (Wildman–Crippen MR) is 177 cm³/mol. The summed E-state index contributed by atoms with van der Waals surface area (Å²) in [6.07, 6.45) is 2.21. The van der Waals surface area contributed by atoms with Crippen LogP contribution in [0, 0.1) is 5.41 Å². The van der Waals surface area contributed by atoms with Gasteiger partial charge in [-0.25, -0.2) is 19.6 Å². The van der Waals surface area contributed by atoms with Gasteiger partial charge < -0.3 is 19.8 Å². The van der Waals surface area contributed by atoms with Crippen molar-refractivity contribution in [1.82, 2.24) is 24.7 Å². The van der Waals surface area contributed by atoms with Gasteiger partial charge in [0, 0.05) is 24.4 Å². The number of halogens is 3. The summed E-state index contributed by atoms with van der Waals surface area (Å²) < 4.78 is 76.7. The Hall–Kier alpha value is -4.28. The summed E-state index contributed by atoms with van der Waals surface area (Å²) in [5.74, 6) is 0.394. The molecule has 0 spiro atoms. The van der Waals surface area contributed by atoms with E-state index in [1.807, 2.05) is 24.3 Å². The number of alkyl halides is 3. The van der Waals surface area contributed by atoms with E-state index in [9.17, 15) is 31.8 Å². The van der Waals surface area contributed by atoms with E-state index in [-0.39, 0.29) is 29.1 Å². The topological polar surface area (TPSA) is 156 Å². The Morgan fingerprint density at radius 1 is 0.980 bits per heavy atom. The van der Waals surface area contributed by atoms with Crippen molar-refractivity contribution in [3.05, 3.63) is 66.5 Å². The first-order chi connectivity index (χ1) is 23.1. The first kappa shape index (κ1) is 36.0. The van der Waals surface area contributed by atoms with Gasteiger partial charge in [-0.05, 0) is 57.7 Å². The minimum atomic E-state index is -4.48. The first-order valence-electron chi connectivity index (χ1n) is 15.9. The monoisotopic (exact) mass is 703 g/mol. The molecule has 4 heterocycles. The minimum Gasteiger partial charge on any atom is -0.476 e. The van der Waals surface area contributed by atoms with Crippen LogP contribution in [0.2, 0.25) is 0 Å². The number of hydrogen-bond acceptors (Lipinski definition) is 10. The van der Waals surface area contributed by atoms with E-state index >= 15 is 0 Å². The number of aliphatic hydroxyl groups is 2. The van der Waals surface area contributed by atoms with Gasteiger partial charge in [-0.2, -0.15) is 21.6 Å². The molecule has 0 saturated heterocycles. The quantitative estimate of drug-likeness (QED) is 0.235. The number of anilines is 2. The summed E-state index contributed by atoms with van der Waals surface area (Å²) >= 11 is 0. The number of benzene rings is 1. The summed E-state index contributed by atoms with van der Waals surface area (Å²) in [6.45, 7) is 2.97. The third-order valence-corrected chi connectivity index (χ3v) is 9.45. The SMILES string of the molecule is CC(O)(CO)CN1CCCCCCc2ccccc2-c2nc(cnc2-n2ccc(OCC(C)(C)C(F)(F)F)n2)NS(=O)(=O)c2cccc1n2. The predicted octanol–water partition coefficient (Wildman–Crippen LogP) is 5.16. The van der Waals surface area contributed by atoms with Crippen molar-refractivity contribution in [2.24, 2.45) is 5.41 Å². The van der Waals surface area contributed by atoms with Gasteiger partial charge >= 0.3 is 6.18 Å². The van der Waals surface area contributed by atoms with Crippen LogP contribution in [0.3, 0.4) is 0 Å². The van der Waals surface area contributed by atoms with Gasteiger partial charge in [-0.3, -0.25) is 4.72 Å². The number of sulfonamides is 1. The molecule has 1 aromatic carbocycles. The molecule has 0 amide bonds. The maximum Gasteiger partial charge on any atom is 0.397 e. The number of nitrogens with one attached hydrogen (secondary N) is 1. The van der Waals surface area contributed by atoms with Gasteiger partial charge in [0.2, 0.25) is 5.88 Å². The zero-order valence-electron chi connectivity index (χ0n) is 27.5. The Labute approximate surface area is 283 Å². The number of rotatable bonds is 7. The second kappa shape index (κ2) is 14.3. The number of hydrogen-bond donors (Lipinski definition) is 3. The van der Waals surface area contributed by atoms with Crippen molar-refractivity contribution < 1.29 is 36.5 Å². The molecule has 0 radical (unpaired) electrons. The van der Waals surface area contributed by atoms with Crippen molar-refractivity contribution >= 4 is 21.7 Å². The van der Waals surface area contributed by atoms with E-state index in [1.165, 1.54) is 36.1 Å². The van der Waals surface area contributed by atoms with Crippen LogP contribution in [-0.4, -0.2) is 81.4 Å². The highest BCUT2D eigenvalue weighted by Crippen LogP contribution is 2.38. The molecule has 49 heavy (non-hydrogen) atoms. The standard InChI is InChI=1S/C33H40F3N7O5S/c1-31(2,33(34,35)36)22-48-27-16-18-43(40-27)30-29-24-13-8-7-12-23(24)11-6-4-5-9-17-42(20-32(3,45)21-44)26-14-10-15-28(39-26)49(46,47)41-25(38-29)19-37-30/h7-8,10,12-16,18-19,44-45H,4-6,9,11,17,20-22H2,1-3H3,(H,38,41). The second-order valence-corrected chi connectivity index (χ2v) is 14.7. The lowest BCUT2D eigenvalue weighted by Crippen LogP contribution is -2.44.